The number of thioether (sulfide) groups is 1. The van der Waals surface area contributed by atoms with Crippen LogP contribution in [0.15, 0.2) is 60.7 Å². The summed E-state index contributed by atoms with van der Waals surface area (Å²) in [5, 5.41) is 3.17. The molecule has 0 heterocycles. The van der Waals surface area contributed by atoms with Crippen LogP contribution in [0, 0.1) is 5.92 Å². The molecular formula is C21H27NOS. The van der Waals surface area contributed by atoms with Gasteiger partial charge >= 0.3 is 0 Å². The first-order valence-electron chi connectivity index (χ1n) is 8.57. The van der Waals surface area contributed by atoms with E-state index in [1.807, 2.05) is 43.3 Å². The Labute approximate surface area is 150 Å². The van der Waals surface area contributed by atoms with Gasteiger partial charge in [0.2, 0.25) is 5.91 Å². The first-order chi connectivity index (χ1) is 11.6. The van der Waals surface area contributed by atoms with Crippen molar-refractivity contribution in [1.29, 1.82) is 0 Å². The van der Waals surface area contributed by atoms with Gasteiger partial charge < -0.3 is 5.32 Å². The molecule has 0 spiro atoms. The number of hydrogen-bond acceptors (Lipinski definition) is 2. The van der Waals surface area contributed by atoms with Crippen molar-refractivity contribution in [3.05, 3.63) is 71.8 Å². The fourth-order valence-corrected chi connectivity index (χ4v) is 3.45. The van der Waals surface area contributed by atoms with Crippen LogP contribution in [0.5, 0.6) is 0 Å². The van der Waals surface area contributed by atoms with Gasteiger partial charge in [-0.1, -0.05) is 74.5 Å². The molecule has 2 unspecified atom stereocenters. The maximum atomic E-state index is 12.6. The largest absolute Gasteiger partial charge is 0.348 e. The molecule has 0 radical (unpaired) electrons. The third kappa shape index (κ3) is 6.04. The van der Waals surface area contributed by atoms with Crippen LogP contribution in [-0.2, 0) is 10.5 Å². The van der Waals surface area contributed by atoms with E-state index in [0.717, 1.165) is 12.2 Å². The molecule has 2 aromatic carbocycles. The molecule has 2 nitrogen and oxygen atoms in total. The van der Waals surface area contributed by atoms with E-state index in [-0.39, 0.29) is 17.2 Å². The molecule has 1 N–H and O–H groups in total. The molecule has 0 aromatic heterocycles. The average Bonchev–Trinajstić information content (AvgIpc) is 2.60. The van der Waals surface area contributed by atoms with Crippen LogP contribution in [0.1, 0.15) is 44.4 Å². The van der Waals surface area contributed by atoms with E-state index in [0.29, 0.717) is 5.92 Å². The molecule has 0 aliphatic heterocycles. The van der Waals surface area contributed by atoms with E-state index in [4.69, 9.17) is 0 Å². The van der Waals surface area contributed by atoms with E-state index in [9.17, 15) is 4.79 Å². The van der Waals surface area contributed by atoms with Crippen molar-refractivity contribution in [2.45, 2.75) is 44.2 Å². The molecule has 2 rings (SSSR count). The molecule has 2 atom stereocenters. The van der Waals surface area contributed by atoms with Gasteiger partial charge in [0.1, 0.15) is 0 Å². The van der Waals surface area contributed by atoms with Crippen molar-refractivity contribution >= 4 is 17.7 Å². The van der Waals surface area contributed by atoms with Crippen LogP contribution in [0.3, 0.4) is 0 Å². The van der Waals surface area contributed by atoms with E-state index >= 15 is 0 Å². The smallest absolute Gasteiger partial charge is 0.233 e. The van der Waals surface area contributed by atoms with E-state index in [2.05, 4.69) is 43.4 Å². The minimum Gasteiger partial charge on any atom is -0.348 e. The molecule has 2 aromatic rings. The number of hydrogen-bond donors (Lipinski definition) is 1. The van der Waals surface area contributed by atoms with Crippen molar-refractivity contribution in [3.63, 3.8) is 0 Å². The number of nitrogens with one attached hydrogen (secondary N) is 1. The molecule has 0 fully saturated rings. The Kier molecular flexibility index (Phi) is 7.38. The van der Waals surface area contributed by atoms with Gasteiger partial charge in [-0.3, -0.25) is 4.79 Å². The fourth-order valence-electron chi connectivity index (χ4n) is 2.60. The van der Waals surface area contributed by atoms with Crippen LogP contribution in [-0.4, -0.2) is 11.2 Å². The third-order valence-electron chi connectivity index (χ3n) is 3.94. The number of carbonyl (C=O) groups is 1. The molecule has 0 aliphatic rings. The minimum absolute atomic E-state index is 0.0661. The Bertz CT molecular complexity index is 612. The summed E-state index contributed by atoms with van der Waals surface area (Å²) >= 11 is 1.68. The summed E-state index contributed by atoms with van der Waals surface area (Å²) in [4.78, 5) is 12.6. The molecule has 128 valence electrons. The second-order valence-electron chi connectivity index (χ2n) is 6.54. The van der Waals surface area contributed by atoms with Crippen LogP contribution in [0.2, 0.25) is 0 Å². The predicted molar refractivity (Wildman–Crippen MR) is 104 cm³/mol. The average molecular weight is 342 g/mol. The molecule has 3 heteroatoms. The predicted octanol–water partition coefficient (Wildman–Crippen LogP) is 5.21. The van der Waals surface area contributed by atoms with E-state index in [1.165, 1.54) is 11.1 Å². The van der Waals surface area contributed by atoms with Gasteiger partial charge in [0, 0.05) is 5.75 Å². The summed E-state index contributed by atoms with van der Waals surface area (Å²) in [6.45, 7) is 6.37. The Morgan fingerprint density at radius 1 is 0.958 bits per heavy atom. The zero-order chi connectivity index (χ0) is 17.4. The zero-order valence-corrected chi connectivity index (χ0v) is 15.6. The summed E-state index contributed by atoms with van der Waals surface area (Å²) in [5.41, 5.74) is 2.43. The molecular weight excluding hydrogens is 314 g/mol. The van der Waals surface area contributed by atoms with Gasteiger partial charge in [-0.05, 0) is 30.4 Å². The Morgan fingerprint density at radius 3 is 2.12 bits per heavy atom. The number of benzene rings is 2. The van der Waals surface area contributed by atoms with Crippen molar-refractivity contribution < 1.29 is 4.79 Å². The number of rotatable bonds is 8. The summed E-state index contributed by atoms with van der Waals surface area (Å²) in [5.74, 6) is 1.50. The molecule has 0 bridgehead atoms. The Morgan fingerprint density at radius 2 is 1.54 bits per heavy atom. The van der Waals surface area contributed by atoms with Gasteiger partial charge in [0.25, 0.3) is 0 Å². The zero-order valence-electron chi connectivity index (χ0n) is 14.7. The van der Waals surface area contributed by atoms with Gasteiger partial charge in [-0.2, -0.15) is 0 Å². The van der Waals surface area contributed by atoms with Crippen LogP contribution >= 0.6 is 11.8 Å². The number of amides is 1. The van der Waals surface area contributed by atoms with E-state index < -0.39 is 0 Å². The van der Waals surface area contributed by atoms with Crippen molar-refractivity contribution in [3.8, 4) is 0 Å². The topological polar surface area (TPSA) is 29.1 Å². The molecule has 0 saturated carbocycles. The Balaban J connectivity index is 1.93. The monoisotopic (exact) mass is 341 g/mol. The molecule has 0 saturated heterocycles. The lowest BCUT2D eigenvalue weighted by Gasteiger charge is -2.23. The summed E-state index contributed by atoms with van der Waals surface area (Å²) < 4.78 is 0. The SMILES string of the molecule is CC(C)CC(NC(=O)C(C)SCc1ccccc1)c1ccccc1. The van der Waals surface area contributed by atoms with Gasteiger partial charge in [-0.25, -0.2) is 0 Å². The fraction of sp³-hybridized carbons (Fsp3) is 0.381. The van der Waals surface area contributed by atoms with E-state index in [1.54, 1.807) is 11.8 Å². The maximum absolute atomic E-state index is 12.6. The summed E-state index contributed by atoms with van der Waals surface area (Å²) in [7, 11) is 0. The molecule has 24 heavy (non-hydrogen) atoms. The highest BCUT2D eigenvalue weighted by Gasteiger charge is 2.20. The number of carbonyl (C=O) groups excluding carboxylic acids is 1. The van der Waals surface area contributed by atoms with Crippen LogP contribution in [0.4, 0.5) is 0 Å². The van der Waals surface area contributed by atoms with Crippen LogP contribution < -0.4 is 5.32 Å². The van der Waals surface area contributed by atoms with Crippen molar-refractivity contribution in [2.24, 2.45) is 5.92 Å². The lowest BCUT2D eigenvalue weighted by atomic mass is 9.97. The first-order valence-corrected chi connectivity index (χ1v) is 9.62. The third-order valence-corrected chi connectivity index (χ3v) is 5.15. The summed E-state index contributed by atoms with van der Waals surface area (Å²) in [6, 6.07) is 20.6. The highest BCUT2D eigenvalue weighted by Crippen LogP contribution is 2.23. The quantitative estimate of drug-likeness (QED) is 0.714. The van der Waals surface area contributed by atoms with Gasteiger partial charge in [0.15, 0.2) is 0 Å². The summed E-state index contributed by atoms with van der Waals surface area (Å²) in [6.07, 6.45) is 0.950. The second kappa shape index (κ2) is 9.53. The van der Waals surface area contributed by atoms with Gasteiger partial charge in [-0.15, -0.1) is 11.8 Å². The highest BCUT2D eigenvalue weighted by atomic mass is 32.2. The van der Waals surface area contributed by atoms with Crippen molar-refractivity contribution in [1.82, 2.24) is 5.32 Å². The second-order valence-corrected chi connectivity index (χ2v) is 7.87. The highest BCUT2D eigenvalue weighted by molar-refractivity contribution is 7.99. The lowest BCUT2D eigenvalue weighted by Crippen LogP contribution is -2.35. The minimum atomic E-state index is -0.0661. The first kappa shape index (κ1) is 18.6. The maximum Gasteiger partial charge on any atom is 0.233 e. The van der Waals surface area contributed by atoms with Crippen LogP contribution in [0.25, 0.3) is 0 Å². The van der Waals surface area contributed by atoms with Crippen molar-refractivity contribution in [2.75, 3.05) is 0 Å². The normalized spacial score (nSPS) is 13.5. The molecule has 0 aliphatic carbocycles. The lowest BCUT2D eigenvalue weighted by molar-refractivity contribution is -0.121. The molecule has 1 amide bonds. The van der Waals surface area contributed by atoms with Gasteiger partial charge in [0.05, 0.1) is 11.3 Å². The standard InChI is InChI=1S/C21H27NOS/c1-16(2)14-20(19-12-8-5-9-13-19)22-21(23)17(3)24-15-18-10-6-4-7-11-18/h4-13,16-17,20H,14-15H2,1-3H3,(H,22,23). The Hall–Kier alpha value is -1.74.